The molecule has 0 saturated heterocycles. The number of nitriles is 1. The van der Waals surface area contributed by atoms with E-state index in [4.69, 9.17) is 4.98 Å². The van der Waals surface area contributed by atoms with Crippen LogP contribution in [0.4, 0.5) is 11.5 Å². The molecule has 2 aromatic carbocycles. The Morgan fingerprint density at radius 2 is 1.88 bits per heavy atom. The number of benzene rings is 2. The highest BCUT2D eigenvalue weighted by atomic mass is 15.2. The van der Waals surface area contributed by atoms with Crippen LogP contribution in [0.5, 0.6) is 0 Å². The summed E-state index contributed by atoms with van der Waals surface area (Å²) in [4.78, 5) is 7.09. The molecule has 120 valence electrons. The predicted molar refractivity (Wildman–Crippen MR) is 99.3 cm³/mol. The van der Waals surface area contributed by atoms with Gasteiger partial charge in [0.25, 0.3) is 0 Å². The van der Waals surface area contributed by atoms with E-state index in [0.29, 0.717) is 5.56 Å². The second-order valence-electron chi connectivity index (χ2n) is 6.46. The van der Waals surface area contributed by atoms with E-state index in [0.717, 1.165) is 41.0 Å². The average Bonchev–Trinajstić information content (AvgIpc) is 3.23. The molecule has 0 bridgehead atoms. The Kier molecular flexibility index (Phi) is 2.86. The molecule has 0 radical (unpaired) electrons. The maximum atomic E-state index is 9.64. The minimum Gasteiger partial charge on any atom is -0.327 e. The molecular formula is C21H16N4. The molecule has 0 N–H and O–H groups in total. The second kappa shape index (κ2) is 5.09. The standard InChI is InChI=1S/C21H16N4/c1-14-12-20(24-11-10-15-6-2-4-8-18(15)24)25-19-9-5-3-7-17(19)23-21(25)16(14)13-22/h2-9,12H,10-11H2,1H3. The van der Waals surface area contributed by atoms with Crippen molar-refractivity contribution in [3.8, 4) is 6.07 Å². The number of fused-ring (bicyclic) bond motifs is 4. The summed E-state index contributed by atoms with van der Waals surface area (Å²) in [6.07, 6.45) is 1.03. The van der Waals surface area contributed by atoms with Crippen molar-refractivity contribution in [3.05, 3.63) is 71.3 Å². The molecule has 0 saturated carbocycles. The Morgan fingerprint density at radius 3 is 2.76 bits per heavy atom. The van der Waals surface area contributed by atoms with Crippen LogP contribution in [-0.4, -0.2) is 15.9 Å². The number of rotatable bonds is 1. The maximum Gasteiger partial charge on any atom is 0.157 e. The predicted octanol–water partition coefficient (Wildman–Crippen LogP) is 4.36. The zero-order chi connectivity index (χ0) is 17.0. The zero-order valence-electron chi connectivity index (χ0n) is 13.9. The van der Waals surface area contributed by atoms with E-state index < -0.39 is 0 Å². The Bertz CT molecular complexity index is 1180. The third kappa shape index (κ3) is 1.90. The Hall–Kier alpha value is -3.32. The molecule has 0 spiro atoms. The summed E-state index contributed by atoms with van der Waals surface area (Å²) in [7, 11) is 0. The largest absolute Gasteiger partial charge is 0.327 e. The smallest absolute Gasteiger partial charge is 0.157 e. The van der Waals surface area contributed by atoms with E-state index >= 15 is 0 Å². The molecule has 5 rings (SSSR count). The van der Waals surface area contributed by atoms with Crippen LogP contribution in [-0.2, 0) is 6.42 Å². The molecule has 4 aromatic rings. The average molecular weight is 324 g/mol. The number of para-hydroxylation sites is 3. The molecule has 1 aliphatic heterocycles. The second-order valence-corrected chi connectivity index (χ2v) is 6.46. The molecule has 25 heavy (non-hydrogen) atoms. The molecule has 0 amide bonds. The number of nitrogens with zero attached hydrogens (tertiary/aromatic N) is 4. The van der Waals surface area contributed by atoms with Gasteiger partial charge in [-0.05, 0) is 48.7 Å². The number of pyridine rings is 1. The highest BCUT2D eigenvalue weighted by molar-refractivity contribution is 5.86. The van der Waals surface area contributed by atoms with Crippen LogP contribution in [0.15, 0.2) is 54.6 Å². The fourth-order valence-electron chi connectivity index (χ4n) is 3.85. The first-order valence-electron chi connectivity index (χ1n) is 8.44. The Labute approximate surface area is 145 Å². The van der Waals surface area contributed by atoms with Gasteiger partial charge in [0, 0.05) is 12.2 Å². The van der Waals surface area contributed by atoms with Crippen molar-refractivity contribution in [1.82, 2.24) is 9.38 Å². The van der Waals surface area contributed by atoms with Gasteiger partial charge in [0.15, 0.2) is 5.65 Å². The van der Waals surface area contributed by atoms with Crippen LogP contribution in [0.3, 0.4) is 0 Å². The van der Waals surface area contributed by atoms with Gasteiger partial charge in [0.05, 0.1) is 16.6 Å². The molecule has 1 aliphatic rings. The van der Waals surface area contributed by atoms with Crippen LogP contribution >= 0.6 is 0 Å². The maximum absolute atomic E-state index is 9.64. The molecule has 4 nitrogen and oxygen atoms in total. The van der Waals surface area contributed by atoms with Crippen LogP contribution in [0.25, 0.3) is 16.7 Å². The Balaban J connectivity index is 1.90. The number of hydrogen-bond acceptors (Lipinski definition) is 3. The van der Waals surface area contributed by atoms with E-state index in [9.17, 15) is 5.26 Å². The molecule has 0 unspecified atom stereocenters. The highest BCUT2D eigenvalue weighted by Gasteiger charge is 2.24. The van der Waals surface area contributed by atoms with Gasteiger partial charge in [-0.1, -0.05) is 30.3 Å². The minimum absolute atomic E-state index is 0.646. The molecule has 0 aliphatic carbocycles. The van der Waals surface area contributed by atoms with Gasteiger partial charge in [0.1, 0.15) is 11.9 Å². The lowest BCUT2D eigenvalue weighted by molar-refractivity contribution is 0.960. The normalized spacial score (nSPS) is 13.4. The third-order valence-corrected chi connectivity index (χ3v) is 5.03. The van der Waals surface area contributed by atoms with Gasteiger partial charge in [-0.2, -0.15) is 5.26 Å². The molecule has 3 heterocycles. The zero-order valence-corrected chi connectivity index (χ0v) is 13.9. The first-order valence-corrected chi connectivity index (χ1v) is 8.44. The summed E-state index contributed by atoms with van der Waals surface area (Å²) in [6, 6.07) is 21.0. The minimum atomic E-state index is 0.646. The van der Waals surface area contributed by atoms with Crippen molar-refractivity contribution >= 4 is 28.2 Å². The lowest BCUT2D eigenvalue weighted by Gasteiger charge is -2.22. The first-order chi connectivity index (χ1) is 12.3. The fraction of sp³-hybridized carbons (Fsp3) is 0.143. The number of anilines is 2. The van der Waals surface area contributed by atoms with Crippen molar-refractivity contribution in [2.75, 3.05) is 11.4 Å². The van der Waals surface area contributed by atoms with Crippen LogP contribution in [0.2, 0.25) is 0 Å². The van der Waals surface area contributed by atoms with Crippen LogP contribution < -0.4 is 4.90 Å². The van der Waals surface area contributed by atoms with Crippen molar-refractivity contribution in [3.63, 3.8) is 0 Å². The summed E-state index contributed by atoms with van der Waals surface area (Å²) < 4.78 is 2.13. The molecule has 2 aromatic heterocycles. The van der Waals surface area contributed by atoms with E-state index in [-0.39, 0.29) is 0 Å². The highest BCUT2D eigenvalue weighted by Crippen LogP contribution is 2.37. The van der Waals surface area contributed by atoms with Crippen molar-refractivity contribution in [2.45, 2.75) is 13.3 Å². The molecule has 0 fully saturated rings. The van der Waals surface area contributed by atoms with Gasteiger partial charge >= 0.3 is 0 Å². The van der Waals surface area contributed by atoms with Crippen molar-refractivity contribution < 1.29 is 0 Å². The van der Waals surface area contributed by atoms with Gasteiger partial charge in [0.2, 0.25) is 0 Å². The summed E-state index contributed by atoms with van der Waals surface area (Å²) >= 11 is 0. The lowest BCUT2D eigenvalue weighted by Crippen LogP contribution is -2.17. The number of aromatic nitrogens is 2. The van der Waals surface area contributed by atoms with Gasteiger partial charge in [-0.15, -0.1) is 0 Å². The van der Waals surface area contributed by atoms with E-state index in [2.05, 4.69) is 51.8 Å². The van der Waals surface area contributed by atoms with Crippen LogP contribution in [0.1, 0.15) is 16.7 Å². The monoisotopic (exact) mass is 324 g/mol. The topological polar surface area (TPSA) is 44.3 Å². The summed E-state index contributed by atoms with van der Waals surface area (Å²) in [5, 5.41) is 9.64. The molecule has 4 heteroatoms. The van der Waals surface area contributed by atoms with Crippen molar-refractivity contribution in [1.29, 1.82) is 5.26 Å². The van der Waals surface area contributed by atoms with Gasteiger partial charge in [-0.3, -0.25) is 4.40 Å². The summed E-state index contributed by atoms with van der Waals surface area (Å²) in [6.45, 7) is 2.93. The van der Waals surface area contributed by atoms with Gasteiger partial charge in [-0.25, -0.2) is 4.98 Å². The first kappa shape index (κ1) is 14.1. The van der Waals surface area contributed by atoms with E-state index in [1.54, 1.807) is 0 Å². The number of aryl methyl sites for hydroxylation is 1. The fourth-order valence-corrected chi connectivity index (χ4v) is 3.85. The summed E-state index contributed by atoms with van der Waals surface area (Å²) in [5.41, 5.74) is 6.90. The van der Waals surface area contributed by atoms with E-state index in [1.165, 1.54) is 11.3 Å². The molecule has 0 atom stereocenters. The third-order valence-electron chi connectivity index (χ3n) is 5.03. The number of hydrogen-bond donors (Lipinski definition) is 0. The quantitative estimate of drug-likeness (QED) is 0.522. The van der Waals surface area contributed by atoms with Gasteiger partial charge < -0.3 is 4.90 Å². The van der Waals surface area contributed by atoms with E-state index in [1.807, 2.05) is 25.1 Å². The molecular weight excluding hydrogens is 308 g/mol. The SMILES string of the molecule is Cc1cc(N2CCc3ccccc32)n2c(nc3ccccc32)c1C#N. The van der Waals surface area contributed by atoms with Crippen molar-refractivity contribution in [2.24, 2.45) is 0 Å². The number of imidazole rings is 1. The van der Waals surface area contributed by atoms with Crippen LogP contribution in [0, 0.1) is 18.3 Å². The Morgan fingerprint density at radius 1 is 1.08 bits per heavy atom. The lowest BCUT2D eigenvalue weighted by atomic mass is 10.1. The summed E-state index contributed by atoms with van der Waals surface area (Å²) in [5.74, 6) is 1.07.